The van der Waals surface area contributed by atoms with E-state index in [9.17, 15) is 25.0 Å². The molecule has 2 rings (SSSR count). The maximum absolute atomic E-state index is 11.8. The molecule has 1 aromatic carbocycles. The number of hydrogen-bond acceptors (Lipinski definition) is 5. The fourth-order valence-corrected chi connectivity index (χ4v) is 1.60. The highest BCUT2D eigenvalue weighted by molar-refractivity contribution is 5.95. The number of non-ortho nitro benzene ring substituents is 2. The molecule has 1 N–H and O–H groups in total. The zero-order valence-corrected chi connectivity index (χ0v) is 9.87. The minimum atomic E-state index is -0.759. The molecule has 1 fully saturated rings. The molecule has 1 amide bonds. The van der Waals surface area contributed by atoms with Crippen molar-refractivity contribution in [3.05, 3.63) is 44.0 Å². The molecule has 0 aliphatic heterocycles. The van der Waals surface area contributed by atoms with Crippen molar-refractivity contribution in [3.8, 4) is 0 Å². The second-order valence-corrected chi connectivity index (χ2v) is 4.41. The van der Waals surface area contributed by atoms with E-state index >= 15 is 0 Å². The van der Waals surface area contributed by atoms with Crippen LogP contribution in [0, 0.1) is 26.1 Å². The Bertz CT molecular complexity index is 521. The predicted molar refractivity (Wildman–Crippen MR) is 64.8 cm³/mol. The van der Waals surface area contributed by atoms with E-state index in [-0.39, 0.29) is 5.56 Å². The number of rotatable bonds is 5. The first-order valence-electron chi connectivity index (χ1n) is 5.69. The van der Waals surface area contributed by atoms with Gasteiger partial charge in [0.25, 0.3) is 17.3 Å². The molecule has 0 aromatic heterocycles. The second-order valence-electron chi connectivity index (χ2n) is 4.41. The van der Waals surface area contributed by atoms with Gasteiger partial charge in [-0.05, 0) is 18.8 Å². The van der Waals surface area contributed by atoms with E-state index in [2.05, 4.69) is 5.32 Å². The molecule has 0 saturated heterocycles. The second kappa shape index (κ2) is 5.01. The third-order valence-electron chi connectivity index (χ3n) is 2.83. The number of benzene rings is 1. The highest BCUT2D eigenvalue weighted by atomic mass is 16.6. The first-order chi connectivity index (χ1) is 8.97. The lowest BCUT2D eigenvalue weighted by Crippen LogP contribution is -2.25. The van der Waals surface area contributed by atoms with Gasteiger partial charge < -0.3 is 5.32 Å². The van der Waals surface area contributed by atoms with Crippen molar-refractivity contribution in [3.63, 3.8) is 0 Å². The van der Waals surface area contributed by atoms with Crippen LogP contribution < -0.4 is 5.32 Å². The third kappa shape index (κ3) is 3.24. The molecular formula is C11H11N3O5. The fourth-order valence-electron chi connectivity index (χ4n) is 1.60. The Balaban J connectivity index is 2.23. The molecule has 0 unspecified atom stereocenters. The highest BCUT2D eigenvalue weighted by Crippen LogP contribution is 2.28. The van der Waals surface area contributed by atoms with Crippen LogP contribution in [-0.2, 0) is 0 Å². The lowest BCUT2D eigenvalue weighted by molar-refractivity contribution is -0.394. The molecule has 0 radical (unpaired) electrons. The molecule has 1 aromatic rings. The molecule has 19 heavy (non-hydrogen) atoms. The summed E-state index contributed by atoms with van der Waals surface area (Å²) in [5.74, 6) is -0.0728. The summed E-state index contributed by atoms with van der Waals surface area (Å²) in [5.41, 5.74) is -1.00. The molecule has 0 atom stereocenters. The number of hydrogen-bond donors (Lipinski definition) is 1. The Hall–Kier alpha value is -2.51. The number of carbonyl (C=O) groups is 1. The molecular weight excluding hydrogens is 254 g/mol. The lowest BCUT2D eigenvalue weighted by atomic mass is 10.1. The van der Waals surface area contributed by atoms with Gasteiger partial charge in [0.15, 0.2) is 0 Å². The van der Waals surface area contributed by atoms with Gasteiger partial charge in [-0.3, -0.25) is 25.0 Å². The number of nitro groups is 2. The summed E-state index contributed by atoms with van der Waals surface area (Å²) in [5, 5.41) is 24.0. The maximum atomic E-state index is 11.8. The van der Waals surface area contributed by atoms with E-state index in [4.69, 9.17) is 0 Å². The van der Waals surface area contributed by atoms with Crippen molar-refractivity contribution in [1.82, 2.24) is 5.32 Å². The SMILES string of the molecule is O=C(NCC1CC1)c1cc([N+](=O)[O-])cc([N+](=O)[O-])c1. The Kier molecular flexibility index (Phi) is 3.41. The Morgan fingerprint density at radius 3 is 2.11 bits per heavy atom. The normalized spacial score (nSPS) is 13.9. The quantitative estimate of drug-likeness (QED) is 0.641. The Labute approximate surface area is 107 Å². The zero-order valence-electron chi connectivity index (χ0n) is 9.87. The largest absolute Gasteiger partial charge is 0.352 e. The van der Waals surface area contributed by atoms with Crippen molar-refractivity contribution >= 4 is 17.3 Å². The lowest BCUT2D eigenvalue weighted by Gasteiger charge is -2.04. The average molecular weight is 265 g/mol. The standard InChI is InChI=1S/C11H11N3O5/c15-11(12-6-7-1-2-7)8-3-9(13(16)17)5-10(4-8)14(18)19/h3-5,7H,1-2,6H2,(H,12,15). The zero-order chi connectivity index (χ0) is 14.0. The molecule has 1 aliphatic rings. The first-order valence-corrected chi connectivity index (χ1v) is 5.69. The van der Waals surface area contributed by atoms with Crippen molar-refractivity contribution in [1.29, 1.82) is 0 Å². The Morgan fingerprint density at radius 2 is 1.68 bits per heavy atom. The number of carbonyl (C=O) groups excluding carboxylic acids is 1. The predicted octanol–water partition coefficient (Wildman–Crippen LogP) is 1.64. The van der Waals surface area contributed by atoms with Crippen molar-refractivity contribution < 1.29 is 14.6 Å². The minimum Gasteiger partial charge on any atom is -0.352 e. The molecule has 0 spiro atoms. The molecule has 8 nitrogen and oxygen atoms in total. The van der Waals surface area contributed by atoms with E-state index in [0.717, 1.165) is 31.0 Å². The summed E-state index contributed by atoms with van der Waals surface area (Å²) in [6, 6.07) is 2.90. The molecule has 0 heterocycles. The number of nitrogens with zero attached hydrogens (tertiary/aromatic N) is 2. The molecule has 1 saturated carbocycles. The van der Waals surface area contributed by atoms with Gasteiger partial charge >= 0.3 is 0 Å². The van der Waals surface area contributed by atoms with Crippen molar-refractivity contribution in [2.45, 2.75) is 12.8 Å². The van der Waals surface area contributed by atoms with Crippen LogP contribution in [0.2, 0.25) is 0 Å². The third-order valence-corrected chi connectivity index (χ3v) is 2.83. The summed E-state index contributed by atoms with van der Waals surface area (Å²) in [4.78, 5) is 31.6. The van der Waals surface area contributed by atoms with E-state index < -0.39 is 27.1 Å². The summed E-state index contributed by atoms with van der Waals surface area (Å²) in [7, 11) is 0. The first kappa shape index (κ1) is 12.9. The molecule has 8 heteroatoms. The van der Waals surface area contributed by atoms with E-state index in [1.54, 1.807) is 0 Å². The van der Waals surface area contributed by atoms with Gasteiger partial charge in [0, 0.05) is 18.7 Å². The van der Waals surface area contributed by atoms with Crippen LogP contribution in [0.4, 0.5) is 11.4 Å². The topological polar surface area (TPSA) is 115 Å². The van der Waals surface area contributed by atoms with Crippen molar-refractivity contribution in [2.75, 3.05) is 6.54 Å². The summed E-state index contributed by atoms with van der Waals surface area (Å²) < 4.78 is 0. The fraction of sp³-hybridized carbons (Fsp3) is 0.364. The van der Waals surface area contributed by atoms with Gasteiger partial charge in [0.05, 0.1) is 21.5 Å². The molecule has 1 aliphatic carbocycles. The number of amides is 1. The smallest absolute Gasteiger partial charge is 0.277 e. The van der Waals surface area contributed by atoms with Gasteiger partial charge in [0.2, 0.25) is 0 Å². The van der Waals surface area contributed by atoms with E-state index in [0.29, 0.717) is 12.5 Å². The van der Waals surface area contributed by atoms with Crippen molar-refractivity contribution in [2.24, 2.45) is 5.92 Å². The van der Waals surface area contributed by atoms with Gasteiger partial charge in [-0.1, -0.05) is 0 Å². The summed E-state index contributed by atoms with van der Waals surface area (Å²) >= 11 is 0. The number of nitro benzene ring substituents is 2. The van der Waals surface area contributed by atoms with Crippen LogP contribution in [-0.4, -0.2) is 22.3 Å². The highest BCUT2D eigenvalue weighted by Gasteiger charge is 2.23. The monoisotopic (exact) mass is 265 g/mol. The van der Waals surface area contributed by atoms with Gasteiger partial charge in [0.1, 0.15) is 0 Å². The van der Waals surface area contributed by atoms with Crippen LogP contribution in [0.3, 0.4) is 0 Å². The minimum absolute atomic E-state index is 0.0680. The molecule has 0 bridgehead atoms. The van der Waals surface area contributed by atoms with E-state index in [1.165, 1.54) is 0 Å². The van der Waals surface area contributed by atoms with Crippen LogP contribution in [0.15, 0.2) is 18.2 Å². The maximum Gasteiger partial charge on any atom is 0.277 e. The van der Waals surface area contributed by atoms with Gasteiger partial charge in [-0.25, -0.2) is 0 Å². The van der Waals surface area contributed by atoms with Crippen LogP contribution in [0.25, 0.3) is 0 Å². The van der Waals surface area contributed by atoms with Crippen LogP contribution >= 0.6 is 0 Å². The van der Waals surface area contributed by atoms with Crippen LogP contribution in [0.1, 0.15) is 23.2 Å². The average Bonchev–Trinajstić information content (AvgIpc) is 3.19. The Morgan fingerprint density at radius 1 is 1.16 bits per heavy atom. The van der Waals surface area contributed by atoms with Crippen LogP contribution in [0.5, 0.6) is 0 Å². The van der Waals surface area contributed by atoms with E-state index in [1.807, 2.05) is 0 Å². The van der Waals surface area contributed by atoms with Gasteiger partial charge in [-0.2, -0.15) is 0 Å². The summed E-state index contributed by atoms with van der Waals surface area (Å²) in [6.45, 7) is 0.495. The summed E-state index contributed by atoms with van der Waals surface area (Å²) in [6.07, 6.45) is 2.10. The van der Waals surface area contributed by atoms with Gasteiger partial charge in [-0.15, -0.1) is 0 Å². The molecule has 100 valence electrons. The number of nitrogens with one attached hydrogen (secondary N) is 1.